The number of aliphatic carboxylic acids is 1. The molecule has 82 valence electrons. The summed E-state index contributed by atoms with van der Waals surface area (Å²) < 4.78 is 0. The van der Waals surface area contributed by atoms with Gasteiger partial charge in [0.05, 0.1) is 0 Å². The number of carbonyl (C=O) groups is 1. The molecule has 15 heavy (non-hydrogen) atoms. The highest BCUT2D eigenvalue weighted by atomic mass is 16.4. The van der Waals surface area contributed by atoms with Crippen LogP contribution in [0, 0.1) is 0 Å². The van der Waals surface area contributed by atoms with Crippen LogP contribution in [0.2, 0.25) is 0 Å². The van der Waals surface area contributed by atoms with E-state index in [0.717, 1.165) is 12.1 Å². The summed E-state index contributed by atoms with van der Waals surface area (Å²) in [6.07, 6.45) is 0.556. The predicted octanol–water partition coefficient (Wildman–Crippen LogP) is 1.63. The van der Waals surface area contributed by atoms with Gasteiger partial charge in [0.15, 0.2) is 0 Å². The molecule has 0 amide bonds. The summed E-state index contributed by atoms with van der Waals surface area (Å²) in [4.78, 5) is 12.9. The monoisotopic (exact) mass is 207 g/mol. The molecule has 0 spiro atoms. The Kier molecular flexibility index (Phi) is 4.31. The molecule has 1 N–H and O–H groups in total. The van der Waals surface area contributed by atoms with Gasteiger partial charge in [-0.1, -0.05) is 37.3 Å². The first-order valence-electron chi connectivity index (χ1n) is 5.12. The zero-order valence-corrected chi connectivity index (χ0v) is 9.18. The van der Waals surface area contributed by atoms with Crippen molar-refractivity contribution in [2.24, 2.45) is 0 Å². The molecule has 0 aliphatic rings. The molecule has 0 saturated heterocycles. The molecule has 0 radical (unpaired) electrons. The summed E-state index contributed by atoms with van der Waals surface area (Å²) in [5.74, 6) is -0.761. The van der Waals surface area contributed by atoms with Crippen LogP contribution in [0.25, 0.3) is 0 Å². The minimum Gasteiger partial charge on any atom is -0.480 e. The number of carboxylic acids is 1. The Hall–Kier alpha value is -1.35. The van der Waals surface area contributed by atoms with Crippen molar-refractivity contribution < 1.29 is 9.90 Å². The molecule has 0 saturated carbocycles. The number of rotatable bonds is 5. The Morgan fingerprint density at radius 2 is 2.00 bits per heavy atom. The molecule has 0 unspecified atom stereocenters. The Labute approximate surface area is 90.3 Å². The third-order valence-corrected chi connectivity index (χ3v) is 2.59. The van der Waals surface area contributed by atoms with Crippen molar-refractivity contribution in [3.63, 3.8) is 0 Å². The van der Waals surface area contributed by atoms with Crippen molar-refractivity contribution in [3.05, 3.63) is 35.9 Å². The van der Waals surface area contributed by atoms with Crippen molar-refractivity contribution in [1.82, 2.24) is 4.90 Å². The lowest BCUT2D eigenvalue weighted by atomic mass is 10.1. The molecule has 1 rings (SSSR count). The molecular weight excluding hydrogens is 190 g/mol. The average Bonchev–Trinajstić information content (AvgIpc) is 2.26. The zero-order valence-electron chi connectivity index (χ0n) is 9.18. The van der Waals surface area contributed by atoms with Crippen LogP contribution in [0.1, 0.15) is 12.5 Å². The summed E-state index contributed by atoms with van der Waals surface area (Å²) in [5, 5.41) is 9.09. The lowest BCUT2D eigenvalue weighted by molar-refractivity contribution is -0.142. The first-order chi connectivity index (χ1) is 7.15. The van der Waals surface area contributed by atoms with E-state index in [1.165, 1.54) is 0 Å². The third kappa shape index (κ3) is 3.36. The fourth-order valence-electron chi connectivity index (χ4n) is 1.49. The zero-order chi connectivity index (χ0) is 11.3. The van der Waals surface area contributed by atoms with Gasteiger partial charge in [-0.3, -0.25) is 9.69 Å². The van der Waals surface area contributed by atoms with E-state index in [0.29, 0.717) is 6.42 Å². The van der Waals surface area contributed by atoms with Crippen molar-refractivity contribution >= 4 is 5.97 Å². The molecule has 1 aromatic carbocycles. The molecule has 0 aliphatic carbocycles. The van der Waals surface area contributed by atoms with Crippen LogP contribution >= 0.6 is 0 Å². The van der Waals surface area contributed by atoms with E-state index < -0.39 is 12.0 Å². The average molecular weight is 207 g/mol. The minimum atomic E-state index is -0.761. The van der Waals surface area contributed by atoms with Gasteiger partial charge in [0, 0.05) is 0 Å². The van der Waals surface area contributed by atoms with Crippen LogP contribution < -0.4 is 0 Å². The molecule has 1 aromatic rings. The highest BCUT2D eigenvalue weighted by molar-refractivity contribution is 5.73. The molecule has 3 heteroatoms. The number of likely N-dealkylation sites (N-methyl/N-ethyl adjacent to an activating group) is 1. The van der Waals surface area contributed by atoms with Gasteiger partial charge >= 0.3 is 5.97 Å². The van der Waals surface area contributed by atoms with Gasteiger partial charge in [0.25, 0.3) is 0 Å². The van der Waals surface area contributed by atoms with Crippen molar-refractivity contribution in [1.29, 1.82) is 0 Å². The Morgan fingerprint density at radius 1 is 1.40 bits per heavy atom. The topological polar surface area (TPSA) is 40.5 Å². The Bertz CT molecular complexity index is 311. The third-order valence-electron chi connectivity index (χ3n) is 2.59. The highest BCUT2D eigenvalue weighted by Gasteiger charge is 2.21. The minimum absolute atomic E-state index is 0.433. The largest absolute Gasteiger partial charge is 0.480 e. The summed E-state index contributed by atoms with van der Waals surface area (Å²) >= 11 is 0. The lowest BCUT2D eigenvalue weighted by Gasteiger charge is -2.22. The fourth-order valence-corrected chi connectivity index (χ4v) is 1.49. The van der Waals surface area contributed by atoms with Gasteiger partial charge in [-0.25, -0.2) is 0 Å². The Morgan fingerprint density at radius 3 is 2.47 bits per heavy atom. The number of nitrogens with zero attached hydrogens (tertiary/aromatic N) is 1. The summed E-state index contributed by atoms with van der Waals surface area (Å²) in [5.41, 5.74) is 1.06. The second-order valence-corrected chi connectivity index (χ2v) is 3.62. The quantitative estimate of drug-likeness (QED) is 0.797. The molecular formula is C12H17NO2. The van der Waals surface area contributed by atoms with E-state index in [-0.39, 0.29) is 0 Å². The maximum atomic E-state index is 11.1. The van der Waals surface area contributed by atoms with Crippen molar-refractivity contribution in [3.8, 4) is 0 Å². The van der Waals surface area contributed by atoms with E-state index >= 15 is 0 Å². The predicted molar refractivity (Wildman–Crippen MR) is 59.9 cm³/mol. The summed E-state index contributed by atoms with van der Waals surface area (Å²) in [6, 6.07) is 9.28. The van der Waals surface area contributed by atoms with E-state index in [4.69, 9.17) is 5.11 Å². The lowest BCUT2D eigenvalue weighted by Crippen LogP contribution is -2.39. The smallest absolute Gasteiger partial charge is 0.321 e. The van der Waals surface area contributed by atoms with Crippen LogP contribution in [0.4, 0.5) is 0 Å². The normalized spacial score (nSPS) is 12.7. The van der Waals surface area contributed by atoms with Crippen LogP contribution in [0.5, 0.6) is 0 Å². The van der Waals surface area contributed by atoms with E-state index in [9.17, 15) is 4.79 Å². The molecule has 0 fully saturated rings. The summed E-state index contributed by atoms with van der Waals surface area (Å²) in [7, 11) is 1.84. The first-order valence-corrected chi connectivity index (χ1v) is 5.12. The van der Waals surface area contributed by atoms with Crippen LogP contribution in [-0.4, -0.2) is 35.6 Å². The molecule has 0 aromatic heterocycles. The first kappa shape index (κ1) is 11.7. The van der Waals surface area contributed by atoms with Crippen molar-refractivity contribution in [2.75, 3.05) is 13.6 Å². The number of benzene rings is 1. The highest BCUT2D eigenvalue weighted by Crippen LogP contribution is 2.07. The molecule has 3 nitrogen and oxygen atoms in total. The van der Waals surface area contributed by atoms with Gasteiger partial charge in [-0.05, 0) is 25.6 Å². The maximum Gasteiger partial charge on any atom is 0.321 e. The standard InChI is InChI=1S/C12H17NO2/c1-3-13(2)11(12(14)15)9-10-7-5-4-6-8-10/h4-8,11H,3,9H2,1-2H3,(H,14,15)/t11-/m0/s1. The SMILES string of the molecule is CCN(C)[C@@H](Cc1ccccc1)C(=O)O. The molecule has 0 bridgehead atoms. The van der Waals surface area contributed by atoms with Gasteiger partial charge in [-0.15, -0.1) is 0 Å². The van der Waals surface area contributed by atoms with Gasteiger partial charge in [0.2, 0.25) is 0 Å². The van der Waals surface area contributed by atoms with E-state index in [1.807, 2.05) is 49.2 Å². The second kappa shape index (κ2) is 5.51. The maximum absolute atomic E-state index is 11.1. The Balaban J connectivity index is 2.71. The van der Waals surface area contributed by atoms with Crippen LogP contribution in [0.15, 0.2) is 30.3 Å². The fraction of sp³-hybridized carbons (Fsp3) is 0.417. The number of carboxylic acid groups (broad SMARTS) is 1. The molecule has 1 atom stereocenters. The van der Waals surface area contributed by atoms with Crippen molar-refractivity contribution in [2.45, 2.75) is 19.4 Å². The van der Waals surface area contributed by atoms with E-state index in [1.54, 1.807) is 0 Å². The van der Waals surface area contributed by atoms with Gasteiger partial charge in [-0.2, -0.15) is 0 Å². The molecule has 0 aliphatic heterocycles. The molecule has 0 heterocycles. The van der Waals surface area contributed by atoms with Crippen LogP contribution in [-0.2, 0) is 11.2 Å². The van der Waals surface area contributed by atoms with Gasteiger partial charge < -0.3 is 5.11 Å². The number of hydrogen-bond donors (Lipinski definition) is 1. The number of hydrogen-bond acceptors (Lipinski definition) is 2. The van der Waals surface area contributed by atoms with Gasteiger partial charge in [0.1, 0.15) is 6.04 Å². The summed E-state index contributed by atoms with van der Waals surface area (Å²) in [6.45, 7) is 2.70. The van der Waals surface area contributed by atoms with E-state index in [2.05, 4.69) is 0 Å². The second-order valence-electron chi connectivity index (χ2n) is 3.62. The van der Waals surface area contributed by atoms with Crippen LogP contribution in [0.3, 0.4) is 0 Å².